The molecular formula is C13H19NO2S. The molecule has 1 aromatic heterocycles. The molecule has 0 saturated heterocycles. The third kappa shape index (κ3) is 4.88. The van der Waals surface area contributed by atoms with Gasteiger partial charge >= 0.3 is 0 Å². The third-order valence-corrected chi connectivity index (χ3v) is 3.38. The molecule has 0 aliphatic rings. The van der Waals surface area contributed by atoms with E-state index in [0.29, 0.717) is 0 Å². The minimum Gasteiger partial charge on any atom is -0.384 e. The molecule has 94 valence electrons. The number of ether oxygens (including phenoxy) is 1. The Bertz CT molecular complexity index is 378. The highest BCUT2D eigenvalue weighted by Crippen LogP contribution is 2.17. The molecule has 0 bridgehead atoms. The van der Waals surface area contributed by atoms with E-state index in [1.54, 1.807) is 18.4 Å². The van der Waals surface area contributed by atoms with Gasteiger partial charge in [-0.15, -0.1) is 11.3 Å². The Balaban J connectivity index is 2.62. The Hall–Kier alpha value is -0.860. The van der Waals surface area contributed by atoms with Crippen molar-refractivity contribution in [3.63, 3.8) is 0 Å². The minimum atomic E-state index is -0.0869. The average molecular weight is 253 g/mol. The average Bonchev–Trinajstić information content (AvgIpc) is 2.79. The van der Waals surface area contributed by atoms with Crippen LogP contribution in [0.5, 0.6) is 0 Å². The molecule has 0 aromatic carbocycles. The summed E-state index contributed by atoms with van der Waals surface area (Å²) in [5, 5.41) is 10.7. The Morgan fingerprint density at radius 3 is 3.00 bits per heavy atom. The lowest BCUT2D eigenvalue weighted by Crippen LogP contribution is -2.26. The molecule has 4 heteroatoms. The van der Waals surface area contributed by atoms with E-state index in [-0.39, 0.29) is 6.61 Å². The lowest BCUT2D eigenvalue weighted by Gasteiger charge is -2.19. The maximum Gasteiger partial charge on any atom is 0.104 e. The topological polar surface area (TPSA) is 32.7 Å². The Morgan fingerprint density at radius 2 is 2.35 bits per heavy atom. The van der Waals surface area contributed by atoms with E-state index in [1.807, 2.05) is 11.4 Å². The number of hydrogen-bond acceptors (Lipinski definition) is 4. The van der Waals surface area contributed by atoms with Crippen molar-refractivity contribution in [2.45, 2.75) is 13.5 Å². The van der Waals surface area contributed by atoms with Crippen LogP contribution in [0.4, 0.5) is 0 Å². The van der Waals surface area contributed by atoms with Crippen molar-refractivity contribution in [3.05, 3.63) is 21.9 Å². The zero-order valence-electron chi connectivity index (χ0n) is 10.4. The van der Waals surface area contributed by atoms with Gasteiger partial charge in [0.1, 0.15) is 6.61 Å². The molecule has 0 fully saturated rings. The highest BCUT2D eigenvalue weighted by Gasteiger charge is 2.07. The number of thiophene rings is 1. The summed E-state index contributed by atoms with van der Waals surface area (Å²) in [5.41, 5.74) is 1.03. The predicted molar refractivity (Wildman–Crippen MR) is 71.1 cm³/mol. The Kier molecular flexibility index (Phi) is 6.90. The summed E-state index contributed by atoms with van der Waals surface area (Å²) in [6, 6.07) is 2.01. The van der Waals surface area contributed by atoms with Crippen molar-refractivity contribution >= 4 is 11.3 Å². The first-order valence-electron chi connectivity index (χ1n) is 5.69. The number of hydrogen-bond donors (Lipinski definition) is 1. The van der Waals surface area contributed by atoms with E-state index in [2.05, 4.69) is 23.7 Å². The van der Waals surface area contributed by atoms with Crippen LogP contribution in [0.25, 0.3) is 0 Å². The summed E-state index contributed by atoms with van der Waals surface area (Å²) in [4.78, 5) is 3.57. The molecule has 1 N–H and O–H groups in total. The molecule has 0 aliphatic heterocycles. The van der Waals surface area contributed by atoms with E-state index in [4.69, 9.17) is 9.84 Å². The first-order valence-corrected chi connectivity index (χ1v) is 6.57. The molecule has 3 nitrogen and oxygen atoms in total. The van der Waals surface area contributed by atoms with E-state index in [1.165, 1.54) is 4.88 Å². The van der Waals surface area contributed by atoms with Gasteiger partial charge in [-0.05, 0) is 18.0 Å². The zero-order chi connectivity index (χ0) is 12.5. The zero-order valence-corrected chi connectivity index (χ0v) is 11.2. The quantitative estimate of drug-likeness (QED) is 0.781. The van der Waals surface area contributed by atoms with E-state index in [9.17, 15) is 0 Å². The third-order valence-electron chi connectivity index (χ3n) is 2.47. The van der Waals surface area contributed by atoms with Gasteiger partial charge < -0.3 is 9.84 Å². The van der Waals surface area contributed by atoms with Crippen molar-refractivity contribution in [1.82, 2.24) is 4.90 Å². The highest BCUT2D eigenvalue weighted by atomic mass is 32.1. The molecule has 0 amide bonds. The molecule has 0 aliphatic carbocycles. The van der Waals surface area contributed by atoms with Crippen LogP contribution in [0.1, 0.15) is 17.4 Å². The van der Waals surface area contributed by atoms with Gasteiger partial charge in [0, 0.05) is 30.6 Å². The number of aliphatic hydroxyl groups is 1. The van der Waals surface area contributed by atoms with Crippen LogP contribution in [0.2, 0.25) is 0 Å². The fourth-order valence-corrected chi connectivity index (χ4v) is 2.35. The normalized spacial score (nSPS) is 10.4. The summed E-state index contributed by atoms with van der Waals surface area (Å²) in [7, 11) is 1.72. The van der Waals surface area contributed by atoms with Crippen LogP contribution in [0, 0.1) is 11.8 Å². The highest BCUT2D eigenvalue weighted by molar-refractivity contribution is 7.10. The summed E-state index contributed by atoms with van der Waals surface area (Å²) >= 11 is 1.71. The van der Waals surface area contributed by atoms with Crippen LogP contribution in [-0.2, 0) is 11.3 Å². The van der Waals surface area contributed by atoms with Crippen molar-refractivity contribution in [1.29, 1.82) is 0 Å². The summed E-state index contributed by atoms with van der Waals surface area (Å²) in [6.07, 6.45) is 0. The number of methoxy groups -OCH3 is 1. The lowest BCUT2D eigenvalue weighted by molar-refractivity contribution is 0.148. The number of aliphatic hydroxyl groups excluding tert-OH is 1. The number of rotatable bonds is 6. The van der Waals surface area contributed by atoms with Crippen molar-refractivity contribution < 1.29 is 9.84 Å². The van der Waals surface area contributed by atoms with Gasteiger partial charge in [-0.2, -0.15) is 0 Å². The van der Waals surface area contributed by atoms with Gasteiger partial charge in [-0.25, -0.2) is 0 Å². The molecule has 1 aromatic rings. The molecule has 0 radical (unpaired) electrons. The van der Waals surface area contributed by atoms with Gasteiger partial charge in [0.2, 0.25) is 0 Å². The summed E-state index contributed by atoms with van der Waals surface area (Å²) in [5.74, 6) is 5.68. The summed E-state index contributed by atoms with van der Waals surface area (Å²) in [6.45, 7) is 5.62. The van der Waals surface area contributed by atoms with E-state index < -0.39 is 0 Å². The standard InChI is InChI=1S/C13H19NO2S/c1-3-14(7-9-16-2)11-13-12(5-4-8-15)6-10-17-13/h6,10,15H,3,7-9,11H2,1-2H3. The van der Waals surface area contributed by atoms with Crippen LogP contribution < -0.4 is 0 Å². The number of nitrogens with zero attached hydrogens (tertiary/aromatic N) is 1. The number of likely N-dealkylation sites (N-methyl/N-ethyl adjacent to an activating group) is 1. The van der Waals surface area contributed by atoms with Gasteiger partial charge in [0.05, 0.1) is 6.61 Å². The van der Waals surface area contributed by atoms with Gasteiger partial charge in [0.15, 0.2) is 0 Å². The second kappa shape index (κ2) is 8.26. The SMILES string of the molecule is CCN(CCOC)Cc1sccc1C#CCO. The van der Waals surface area contributed by atoms with Crippen molar-refractivity contribution in [3.8, 4) is 11.8 Å². The molecule has 1 rings (SSSR count). The fraction of sp³-hybridized carbons (Fsp3) is 0.538. The molecule has 0 saturated carbocycles. The van der Waals surface area contributed by atoms with E-state index >= 15 is 0 Å². The monoisotopic (exact) mass is 253 g/mol. The lowest BCUT2D eigenvalue weighted by atomic mass is 10.2. The maximum atomic E-state index is 8.70. The first-order chi connectivity index (χ1) is 8.31. The molecule has 17 heavy (non-hydrogen) atoms. The fourth-order valence-electron chi connectivity index (χ4n) is 1.48. The van der Waals surface area contributed by atoms with Crippen LogP contribution in [0.3, 0.4) is 0 Å². The summed E-state index contributed by atoms with van der Waals surface area (Å²) < 4.78 is 5.09. The molecule has 0 spiro atoms. The second-order valence-electron chi connectivity index (χ2n) is 3.58. The van der Waals surface area contributed by atoms with E-state index in [0.717, 1.165) is 31.8 Å². The minimum absolute atomic E-state index is 0.0869. The maximum absolute atomic E-state index is 8.70. The Labute approximate surface area is 107 Å². The molecule has 0 unspecified atom stereocenters. The van der Waals surface area contributed by atoms with Crippen molar-refractivity contribution in [2.75, 3.05) is 33.4 Å². The van der Waals surface area contributed by atoms with Crippen LogP contribution >= 0.6 is 11.3 Å². The second-order valence-corrected chi connectivity index (χ2v) is 4.58. The van der Waals surface area contributed by atoms with Gasteiger partial charge in [-0.3, -0.25) is 4.90 Å². The van der Waals surface area contributed by atoms with Crippen LogP contribution in [0.15, 0.2) is 11.4 Å². The predicted octanol–water partition coefficient (Wildman–Crippen LogP) is 1.56. The van der Waals surface area contributed by atoms with Crippen LogP contribution in [-0.4, -0.2) is 43.4 Å². The molecule has 0 atom stereocenters. The van der Waals surface area contributed by atoms with Gasteiger partial charge in [0.25, 0.3) is 0 Å². The Morgan fingerprint density at radius 1 is 1.53 bits per heavy atom. The molecule has 1 heterocycles. The largest absolute Gasteiger partial charge is 0.384 e. The van der Waals surface area contributed by atoms with Gasteiger partial charge in [-0.1, -0.05) is 18.8 Å². The molecular weight excluding hydrogens is 234 g/mol. The smallest absolute Gasteiger partial charge is 0.104 e. The van der Waals surface area contributed by atoms with Crippen molar-refractivity contribution in [2.24, 2.45) is 0 Å². The first kappa shape index (κ1) is 14.2.